The van der Waals surface area contributed by atoms with E-state index in [2.05, 4.69) is 60.1 Å². The Labute approximate surface area is 229 Å². The number of rotatable bonds is 11. The first-order valence-corrected chi connectivity index (χ1v) is 15.2. The Balaban J connectivity index is 2.05. The van der Waals surface area contributed by atoms with Crippen LogP contribution in [0.2, 0.25) is 0 Å². The molecule has 0 bridgehead atoms. The summed E-state index contributed by atoms with van der Waals surface area (Å²) in [7, 11) is -3.61. The van der Waals surface area contributed by atoms with Gasteiger partial charge in [0.1, 0.15) is 5.75 Å². The largest absolute Gasteiger partial charge is 0.396 e. The Hall–Kier alpha value is -2.87. The molecule has 1 aliphatic heterocycles. The fraction of sp³-hybridized carbons (Fsp3) is 0.419. The summed E-state index contributed by atoms with van der Waals surface area (Å²) in [5, 5.41) is 9.66. The molecule has 0 radical (unpaired) electrons. The topological polar surface area (TPSA) is 70.1 Å². The van der Waals surface area contributed by atoms with Gasteiger partial charge in [0, 0.05) is 44.5 Å². The quantitative estimate of drug-likeness (QED) is 0.294. The highest BCUT2D eigenvalue weighted by molar-refractivity contribution is 7.86. The first-order valence-electron chi connectivity index (χ1n) is 13.4. The lowest BCUT2D eigenvalue weighted by molar-refractivity contribution is 0.209. The van der Waals surface area contributed by atoms with Gasteiger partial charge >= 0.3 is 10.1 Å². The van der Waals surface area contributed by atoms with Gasteiger partial charge in [-0.05, 0) is 92.6 Å². The first kappa shape index (κ1) is 29.7. The molecule has 0 spiro atoms. The predicted octanol–water partition coefficient (Wildman–Crippen LogP) is 5.65. The van der Waals surface area contributed by atoms with Gasteiger partial charge in [0.05, 0.1) is 6.26 Å². The lowest BCUT2D eigenvalue weighted by Gasteiger charge is -2.38. The van der Waals surface area contributed by atoms with Crippen molar-refractivity contribution in [2.75, 3.05) is 43.9 Å². The van der Waals surface area contributed by atoms with E-state index in [4.69, 9.17) is 4.18 Å². The summed E-state index contributed by atoms with van der Waals surface area (Å²) in [6, 6.07) is 16.5. The number of anilines is 1. The van der Waals surface area contributed by atoms with Gasteiger partial charge in [-0.3, -0.25) is 4.90 Å². The monoisotopic (exact) mass is 538 g/mol. The van der Waals surface area contributed by atoms with E-state index in [-0.39, 0.29) is 12.4 Å². The van der Waals surface area contributed by atoms with Gasteiger partial charge in [-0.25, -0.2) is 0 Å². The number of nitrogens with zero attached hydrogens (tertiary/aromatic N) is 2. The zero-order valence-electron chi connectivity index (χ0n) is 23.4. The summed E-state index contributed by atoms with van der Waals surface area (Å²) in [5.74, 6) is 0.281. The van der Waals surface area contributed by atoms with Crippen LogP contribution in [0.1, 0.15) is 51.7 Å². The maximum Gasteiger partial charge on any atom is 0.306 e. The summed E-state index contributed by atoms with van der Waals surface area (Å²) in [5.41, 5.74) is 6.54. The third-order valence-corrected chi connectivity index (χ3v) is 7.34. The Morgan fingerprint density at radius 3 is 2.03 bits per heavy atom. The lowest BCUT2D eigenvalue weighted by Crippen LogP contribution is -2.48. The van der Waals surface area contributed by atoms with E-state index in [1.165, 1.54) is 5.69 Å². The molecule has 3 rings (SSSR count). The maximum atomic E-state index is 11.6. The van der Waals surface area contributed by atoms with Crippen LogP contribution in [0, 0.1) is 0 Å². The molecule has 206 valence electrons. The summed E-state index contributed by atoms with van der Waals surface area (Å²) in [6.07, 6.45) is 8.60. The number of benzene rings is 2. The minimum Gasteiger partial charge on any atom is -0.396 e. The third-order valence-electron chi connectivity index (χ3n) is 6.85. The Morgan fingerprint density at radius 2 is 1.55 bits per heavy atom. The van der Waals surface area contributed by atoms with Crippen LogP contribution >= 0.6 is 0 Å². The number of hydrogen-bond acceptors (Lipinski definition) is 6. The van der Waals surface area contributed by atoms with E-state index in [0.717, 1.165) is 60.3 Å². The van der Waals surface area contributed by atoms with Crippen molar-refractivity contribution >= 4 is 21.4 Å². The van der Waals surface area contributed by atoms with Crippen molar-refractivity contribution in [2.24, 2.45) is 0 Å². The second-order valence-electron chi connectivity index (χ2n) is 9.90. The molecule has 1 fully saturated rings. The van der Waals surface area contributed by atoms with Crippen LogP contribution in [-0.4, -0.2) is 63.5 Å². The average molecular weight is 539 g/mol. The zero-order chi connectivity index (χ0) is 27.7. The average Bonchev–Trinajstić information content (AvgIpc) is 2.90. The molecule has 0 amide bonds. The van der Waals surface area contributed by atoms with Crippen LogP contribution in [0.4, 0.5) is 5.69 Å². The third kappa shape index (κ3) is 8.06. The molecular formula is C31H42N2O4S. The normalized spacial score (nSPS) is 16.3. The van der Waals surface area contributed by atoms with Crippen LogP contribution in [0.5, 0.6) is 5.75 Å². The summed E-state index contributed by atoms with van der Waals surface area (Å²) < 4.78 is 28.3. The van der Waals surface area contributed by atoms with Gasteiger partial charge in [0.2, 0.25) is 0 Å². The predicted molar refractivity (Wildman–Crippen MR) is 158 cm³/mol. The smallest absolute Gasteiger partial charge is 0.306 e. The van der Waals surface area contributed by atoms with E-state index in [1.54, 1.807) is 12.1 Å². The molecule has 1 N–H and O–H groups in total. The first-order chi connectivity index (χ1) is 18.2. The minimum absolute atomic E-state index is 0.103. The molecule has 1 saturated heterocycles. The highest BCUT2D eigenvalue weighted by Gasteiger charge is 2.20. The summed E-state index contributed by atoms with van der Waals surface area (Å²) in [6.45, 7) is 12.8. The van der Waals surface area contributed by atoms with E-state index in [1.807, 2.05) is 32.1 Å². The molecular weight excluding hydrogens is 496 g/mol. The van der Waals surface area contributed by atoms with Crippen molar-refractivity contribution in [3.8, 4) is 5.75 Å². The van der Waals surface area contributed by atoms with E-state index in [9.17, 15) is 13.5 Å². The van der Waals surface area contributed by atoms with Gasteiger partial charge in [0.25, 0.3) is 0 Å². The number of hydrogen-bond donors (Lipinski definition) is 1. The van der Waals surface area contributed by atoms with Gasteiger partial charge in [-0.15, -0.1) is 0 Å². The van der Waals surface area contributed by atoms with Crippen LogP contribution in [0.3, 0.4) is 0 Å². The number of allylic oxidation sites excluding steroid dienone is 5. The van der Waals surface area contributed by atoms with Crippen molar-refractivity contribution in [1.82, 2.24) is 4.90 Å². The second kappa shape index (κ2) is 13.8. The maximum absolute atomic E-state index is 11.6. The van der Waals surface area contributed by atoms with Crippen LogP contribution < -0.4 is 9.08 Å². The fourth-order valence-corrected chi connectivity index (χ4v) is 5.38. The highest BCUT2D eigenvalue weighted by Crippen LogP contribution is 2.35. The molecule has 0 saturated carbocycles. The minimum atomic E-state index is -3.61. The molecule has 6 nitrogen and oxygen atoms in total. The van der Waals surface area contributed by atoms with Crippen LogP contribution in [0.15, 0.2) is 77.9 Å². The van der Waals surface area contributed by atoms with Crippen molar-refractivity contribution in [2.45, 2.75) is 46.6 Å². The van der Waals surface area contributed by atoms with Gasteiger partial charge in [-0.1, -0.05) is 42.5 Å². The molecule has 38 heavy (non-hydrogen) atoms. The Bertz CT molecular complexity index is 1240. The van der Waals surface area contributed by atoms with E-state index in [0.29, 0.717) is 18.9 Å². The van der Waals surface area contributed by atoms with E-state index >= 15 is 0 Å². The second-order valence-corrected chi connectivity index (χ2v) is 11.5. The summed E-state index contributed by atoms with van der Waals surface area (Å²) in [4.78, 5) is 4.95. The SMILES string of the molecule is C\C=C/C(=C\C)C(/CCCO)=C(/c1ccc(OS(C)(=O)=O)cc1)c1ccc(N2CCN(C(C)C)CC2)cc1. The molecule has 0 aliphatic carbocycles. The number of piperazine rings is 1. The lowest BCUT2D eigenvalue weighted by atomic mass is 9.86. The van der Waals surface area contributed by atoms with Gasteiger partial charge in [0.15, 0.2) is 0 Å². The number of aliphatic hydroxyl groups is 1. The zero-order valence-corrected chi connectivity index (χ0v) is 24.2. The van der Waals surface area contributed by atoms with Crippen molar-refractivity contribution in [3.05, 3.63) is 89.0 Å². The number of aliphatic hydroxyl groups excluding tert-OH is 1. The summed E-state index contributed by atoms with van der Waals surface area (Å²) >= 11 is 0. The van der Waals surface area contributed by atoms with Crippen LogP contribution in [0.25, 0.3) is 5.57 Å². The molecule has 0 aromatic heterocycles. The molecule has 2 aromatic rings. The van der Waals surface area contributed by atoms with E-state index < -0.39 is 10.1 Å². The molecule has 7 heteroatoms. The van der Waals surface area contributed by atoms with Gasteiger partial charge < -0.3 is 14.2 Å². The van der Waals surface area contributed by atoms with Crippen molar-refractivity contribution in [1.29, 1.82) is 0 Å². The Kier molecular flexibility index (Phi) is 10.8. The highest BCUT2D eigenvalue weighted by atomic mass is 32.2. The van der Waals surface area contributed by atoms with Gasteiger partial charge in [-0.2, -0.15) is 8.42 Å². The molecule has 0 unspecified atom stereocenters. The standard InChI is InChI=1S/C31H42N2O4S/c1-6-9-25(7-2)30(10-8-23-34)31(27-13-17-29(18-14-27)37-38(5,35)36)26-11-15-28(16-12-26)33-21-19-32(20-22-33)24(3)4/h6-7,9,11-18,24,34H,8,10,19-23H2,1-5H3/b9-6-,25-7+,31-30+. The molecule has 2 aromatic carbocycles. The van der Waals surface area contributed by atoms with Crippen LogP contribution in [-0.2, 0) is 10.1 Å². The molecule has 1 aliphatic rings. The molecule has 1 heterocycles. The Morgan fingerprint density at radius 1 is 0.974 bits per heavy atom. The molecule has 0 atom stereocenters. The van der Waals surface area contributed by atoms with Crippen molar-refractivity contribution in [3.63, 3.8) is 0 Å². The fourth-order valence-electron chi connectivity index (χ4n) is 4.92. The van der Waals surface area contributed by atoms with Crippen molar-refractivity contribution < 1.29 is 17.7 Å².